The molecule has 0 saturated heterocycles. The number of aromatic nitrogens is 3. The number of rotatable bonds is 8. The van der Waals surface area contributed by atoms with E-state index in [-0.39, 0.29) is 6.04 Å². The number of pyridine rings is 1. The van der Waals surface area contributed by atoms with Crippen molar-refractivity contribution in [2.45, 2.75) is 39.3 Å². The Bertz CT molecular complexity index is 1070. The van der Waals surface area contributed by atoms with Crippen molar-refractivity contribution >= 4 is 22.9 Å². The summed E-state index contributed by atoms with van der Waals surface area (Å²) in [6, 6.07) is 8.92. The van der Waals surface area contributed by atoms with E-state index in [0.717, 1.165) is 11.1 Å². The summed E-state index contributed by atoms with van der Waals surface area (Å²) in [7, 11) is 2.83. The molecule has 164 valence electrons. The van der Waals surface area contributed by atoms with Crippen molar-refractivity contribution in [1.29, 1.82) is 0 Å². The fraction of sp³-hybridized carbons (Fsp3) is 0.391. The first-order valence-corrected chi connectivity index (χ1v) is 10.2. The molecule has 0 saturated carbocycles. The van der Waals surface area contributed by atoms with E-state index in [1.54, 1.807) is 16.9 Å². The van der Waals surface area contributed by atoms with Crippen LogP contribution < -0.4 is 5.32 Å². The molecule has 1 aromatic carbocycles. The lowest BCUT2D eigenvalue weighted by Crippen LogP contribution is -2.42. The van der Waals surface area contributed by atoms with Crippen molar-refractivity contribution in [2.24, 2.45) is 0 Å². The molecule has 0 spiro atoms. The Labute approximate surface area is 181 Å². The third-order valence-electron chi connectivity index (χ3n) is 5.05. The molecule has 8 nitrogen and oxygen atoms in total. The van der Waals surface area contributed by atoms with Crippen LogP contribution in [0.2, 0.25) is 0 Å². The molecule has 0 unspecified atom stereocenters. The standard InChI is InChI=1S/C23H28N4O4/c1-14(2)27-21-18(13-24-27)17(12-20(25-21)16-8-6-15(3)7-9-16)22(28)26-19(10-11-30-4)23(29)31-5/h6-9,12-14,19H,10-11H2,1-5H3,(H,26,28)/t19-/m0/s1. The molecule has 0 aliphatic heterocycles. The van der Waals surface area contributed by atoms with E-state index in [9.17, 15) is 9.59 Å². The van der Waals surface area contributed by atoms with Gasteiger partial charge in [0.2, 0.25) is 0 Å². The second-order valence-electron chi connectivity index (χ2n) is 7.67. The van der Waals surface area contributed by atoms with Gasteiger partial charge in [0.15, 0.2) is 5.65 Å². The van der Waals surface area contributed by atoms with Crippen LogP contribution in [0.3, 0.4) is 0 Å². The Morgan fingerprint density at radius 2 is 1.87 bits per heavy atom. The molecule has 1 amide bonds. The molecular weight excluding hydrogens is 396 g/mol. The van der Waals surface area contributed by atoms with Crippen LogP contribution in [0.1, 0.15) is 42.2 Å². The maximum Gasteiger partial charge on any atom is 0.328 e. The van der Waals surface area contributed by atoms with Gasteiger partial charge in [0.25, 0.3) is 5.91 Å². The summed E-state index contributed by atoms with van der Waals surface area (Å²) in [6.45, 7) is 6.33. The highest BCUT2D eigenvalue weighted by Crippen LogP contribution is 2.26. The molecule has 0 aliphatic carbocycles. The monoisotopic (exact) mass is 424 g/mol. The molecule has 0 bridgehead atoms. The van der Waals surface area contributed by atoms with E-state index in [0.29, 0.717) is 35.3 Å². The predicted molar refractivity (Wildman–Crippen MR) is 118 cm³/mol. The topological polar surface area (TPSA) is 95.3 Å². The maximum atomic E-state index is 13.2. The smallest absolute Gasteiger partial charge is 0.328 e. The van der Waals surface area contributed by atoms with Crippen molar-refractivity contribution in [3.63, 3.8) is 0 Å². The lowest BCUT2D eigenvalue weighted by Gasteiger charge is -2.17. The van der Waals surface area contributed by atoms with Gasteiger partial charge in [-0.1, -0.05) is 29.8 Å². The maximum absolute atomic E-state index is 13.2. The Hall–Kier alpha value is -3.26. The van der Waals surface area contributed by atoms with E-state index in [1.807, 2.05) is 45.0 Å². The Kier molecular flexibility index (Phi) is 7.02. The third kappa shape index (κ3) is 4.91. The molecule has 0 fully saturated rings. The molecule has 1 N–H and O–H groups in total. The lowest BCUT2D eigenvalue weighted by molar-refractivity contribution is -0.143. The van der Waals surface area contributed by atoms with E-state index in [1.165, 1.54) is 14.2 Å². The van der Waals surface area contributed by atoms with Gasteiger partial charge in [-0.15, -0.1) is 0 Å². The van der Waals surface area contributed by atoms with Crippen molar-refractivity contribution in [3.05, 3.63) is 47.7 Å². The molecule has 3 rings (SSSR count). The highest BCUT2D eigenvalue weighted by molar-refractivity contribution is 6.07. The number of hydrogen-bond acceptors (Lipinski definition) is 6. The van der Waals surface area contributed by atoms with Crippen LogP contribution >= 0.6 is 0 Å². The van der Waals surface area contributed by atoms with E-state index < -0.39 is 17.9 Å². The number of nitrogens with one attached hydrogen (secondary N) is 1. The number of benzene rings is 1. The first kappa shape index (κ1) is 22.4. The minimum absolute atomic E-state index is 0.0682. The summed E-state index contributed by atoms with van der Waals surface area (Å²) in [5, 5.41) is 7.83. The summed E-state index contributed by atoms with van der Waals surface area (Å²) in [4.78, 5) is 30.2. The number of nitrogens with zero attached hydrogens (tertiary/aromatic N) is 3. The summed E-state index contributed by atoms with van der Waals surface area (Å²) in [6.07, 6.45) is 1.94. The highest BCUT2D eigenvalue weighted by Gasteiger charge is 2.25. The third-order valence-corrected chi connectivity index (χ3v) is 5.05. The Morgan fingerprint density at radius 1 is 1.16 bits per heavy atom. The van der Waals surface area contributed by atoms with Crippen LogP contribution in [-0.4, -0.2) is 53.5 Å². The van der Waals surface area contributed by atoms with Gasteiger partial charge in [0.1, 0.15) is 6.04 Å². The van der Waals surface area contributed by atoms with Gasteiger partial charge in [-0.2, -0.15) is 5.10 Å². The fourth-order valence-electron chi connectivity index (χ4n) is 3.32. The number of esters is 1. The zero-order valence-electron chi connectivity index (χ0n) is 18.5. The van der Waals surface area contributed by atoms with E-state index in [4.69, 9.17) is 14.5 Å². The normalized spacial score (nSPS) is 12.2. The molecular formula is C23H28N4O4. The SMILES string of the molecule is COCC[C@H](NC(=O)c1cc(-c2ccc(C)cc2)nc2c1cnn2C(C)C)C(=O)OC. The van der Waals surface area contributed by atoms with Crippen molar-refractivity contribution in [1.82, 2.24) is 20.1 Å². The van der Waals surface area contributed by atoms with Crippen LogP contribution in [0.4, 0.5) is 0 Å². The zero-order valence-corrected chi connectivity index (χ0v) is 18.5. The van der Waals surface area contributed by atoms with Gasteiger partial charge in [-0.05, 0) is 26.8 Å². The second-order valence-corrected chi connectivity index (χ2v) is 7.67. The van der Waals surface area contributed by atoms with Gasteiger partial charge in [-0.25, -0.2) is 14.5 Å². The lowest BCUT2D eigenvalue weighted by atomic mass is 10.0. The number of methoxy groups -OCH3 is 2. The summed E-state index contributed by atoms with van der Waals surface area (Å²) in [5.41, 5.74) is 3.70. The number of amides is 1. The summed E-state index contributed by atoms with van der Waals surface area (Å²) in [5.74, 6) is -0.914. The number of carbonyl (C=O) groups is 2. The van der Waals surface area contributed by atoms with Gasteiger partial charge in [0, 0.05) is 31.7 Å². The Morgan fingerprint density at radius 3 is 2.48 bits per heavy atom. The summed E-state index contributed by atoms with van der Waals surface area (Å²) >= 11 is 0. The van der Waals surface area contributed by atoms with Crippen LogP contribution in [0.25, 0.3) is 22.3 Å². The van der Waals surface area contributed by atoms with Gasteiger partial charge < -0.3 is 14.8 Å². The molecule has 1 atom stereocenters. The summed E-state index contributed by atoms with van der Waals surface area (Å²) < 4.78 is 11.7. The van der Waals surface area contributed by atoms with Gasteiger partial charge in [-0.3, -0.25) is 4.79 Å². The number of ether oxygens (including phenoxy) is 2. The second kappa shape index (κ2) is 9.70. The van der Waals surface area contributed by atoms with Crippen molar-refractivity contribution < 1.29 is 19.1 Å². The molecule has 2 aromatic heterocycles. The van der Waals surface area contributed by atoms with Crippen LogP contribution in [-0.2, 0) is 14.3 Å². The highest BCUT2D eigenvalue weighted by atomic mass is 16.5. The first-order valence-electron chi connectivity index (χ1n) is 10.2. The van der Waals surface area contributed by atoms with Crippen molar-refractivity contribution in [2.75, 3.05) is 20.8 Å². The number of hydrogen-bond donors (Lipinski definition) is 1. The van der Waals surface area contributed by atoms with Gasteiger partial charge in [0.05, 0.1) is 30.0 Å². The molecule has 0 aliphatic rings. The van der Waals surface area contributed by atoms with Crippen LogP contribution in [0, 0.1) is 6.92 Å². The average Bonchev–Trinajstić information content (AvgIpc) is 3.20. The predicted octanol–water partition coefficient (Wildman–Crippen LogP) is 3.30. The molecule has 0 radical (unpaired) electrons. The zero-order chi connectivity index (χ0) is 22.5. The number of aryl methyl sites for hydroxylation is 1. The van der Waals surface area contributed by atoms with Crippen LogP contribution in [0.5, 0.6) is 0 Å². The first-order chi connectivity index (χ1) is 14.8. The molecule has 2 heterocycles. The van der Waals surface area contributed by atoms with E-state index >= 15 is 0 Å². The minimum atomic E-state index is -0.816. The Balaban J connectivity index is 2.08. The minimum Gasteiger partial charge on any atom is -0.467 e. The quantitative estimate of drug-likeness (QED) is 0.558. The molecule has 3 aromatic rings. The average molecular weight is 425 g/mol. The largest absolute Gasteiger partial charge is 0.467 e. The molecule has 31 heavy (non-hydrogen) atoms. The van der Waals surface area contributed by atoms with E-state index in [2.05, 4.69) is 10.4 Å². The molecule has 8 heteroatoms. The fourth-order valence-corrected chi connectivity index (χ4v) is 3.32. The van der Waals surface area contributed by atoms with Gasteiger partial charge >= 0.3 is 5.97 Å². The number of carbonyl (C=O) groups excluding carboxylic acids is 2. The van der Waals surface area contributed by atoms with Crippen LogP contribution in [0.15, 0.2) is 36.5 Å². The number of fused-ring (bicyclic) bond motifs is 1. The van der Waals surface area contributed by atoms with Crippen molar-refractivity contribution in [3.8, 4) is 11.3 Å².